The predicted molar refractivity (Wildman–Crippen MR) is 123 cm³/mol. The van der Waals surface area contributed by atoms with Gasteiger partial charge in [-0.05, 0) is 47.5 Å². The van der Waals surface area contributed by atoms with E-state index in [1.54, 1.807) is 0 Å². The minimum absolute atomic E-state index is 0.0524. The third kappa shape index (κ3) is 5.19. The highest BCUT2D eigenvalue weighted by Gasteiger charge is 2.16. The molecule has 1 amide bonds. The van der Waals surface area contributed by atoms with Crippen LogP contribution in [0.15, 0.2) is 77.6 Å². The molecule has 1 aliphatic heterocycles. The van der Waals surface area contributed by atoms with Crippen molar-refractivity contribution in [2.24, 2.45) is 0 Å². The van der Waals surface area contributed by atoms with E-state index in [1.165, 1.54) is 5.56 Å². The monoisotopic (exact) mass is 443 g/mol. The van der Waals surface area contributed by atoms with Gasteiger partial charge in [-0.15, -0.1) is 0 Å². The molecule has 4 aromatic rings. The second-order valence-electron chi connectivity index (χ2n) is 7.95. The van der Waals surface area contributed by atoms with Gasteiger partial charge in [0.05, 0.1) is 13.2 Å². The van der Waals surface area contributed by atoms with Crippen LogP contribution >= 0.6 is 0 Å². The zero-order valence-electron chi connectivity index (χ0n) is 18.2. The number of carbonyl (C=O) groups excluding carboxylic acids is 1. The average molecular weight is 444 g/mol. The molecule has 1 N–H and O–H groups in total. The molecule has 33 heavy (non-hydrogen) atoms. The highest BCUT2D eigenvalue weighted by atomic mass is 16.5. The molecule has 1 saturated heterocycles. The van der Waals surface area contributed by atoms with E-state index in [0.717, 1.165) is 49.7 Å². The topological polar surface area (TPSA) is 85.4 Å². The fourth-order valence-electron chi connectivity index (χ4n) is 3.76. The summed E-state index contributed by atoms with van der Waals surface area (Å²) in [6, 6.07) is 19.9. The number of aromatic nitrogens is 3. The molecule has 1 aliphatic rings. The van der Waals surface area contributed by atoms with Gasteiger partial charge in [0.1, 0.15) is 0 Å². The van der Waals surface area contributed by atoms with Crippen molar-refractivity contribution in [3.63, 3.8) is 0 Å². The number of hydrogen-bond donors (Lipinski definition) is 1. The normalized spacial score (nSPS) is 14.3. The van der Waals surface area contributed by atoms with Crippen molar-refractivity contribution in [3.8, 4) is 17.1 Å². The molecule has 0 atom stereocenters. The van der Waals surface area contributed by atoms with Gasteiger partial charge in [-0.1, -0.05) is 29.4 Å². The van der Waals surface area contributed by atoms with Gasteiger partial charge in [0.15, 0.2) is 0 Å². The molecule has 5 rings (SSSR count). The van der Waals surface area contributed by atoms with Gasteiger partial charge in [-0.3, -0.25) is 9.69 Å². The number of ether oxygens (including phenoxy) is 1. The number of amides is 1. The summed E-state index contributed by atoms with van der Waals surface area (Å²) in [5.74, 6) is -0.0646. The summed E-state index contributed by atoms with van der Waals surface area (Å²) in [7, 11) is 0. The van der Waals surface area contributed by atoms with Crippen LogP contribution in [0.3, 0.4) is 0 Å². The fourth-order valence-corrected chi connectivity index (χ4v) is 3.76. The summed E-state index contributed by atoms with van der Waals surface area (Å²) in [5.41, 5.74) is 4.07. The Labute approximate surface area is 191 Å². The molecule has 0 radical (unpaired) electrons. The van der Waals surface area contributed by atoms with Crippen molar-refractivity contribution >= 4 is 5.91 Å². The van der Waals surface area contributed by atoms with Crippen LogP contribution in [0.25, 0.3) is 17.1 Å². The molecular formula is C25H25N5O3. The number of morpholine rings is 1. The maximum Gasteiger partial charge on any atom is 0.316 e. The molecule has 0 aliphatic carbocycles. The van der Waals surface area contributed by atoms with E-state index in [-0.39, 0.29) is 5.89 Å². The average Bonchev–Trinajstić information content (AvgIpc) is 3.57. The molecule has 8 heteroatoms. The van der Waals surface area contributed by atoms with E-state index in [2.05, 4.69) is 32.5 Å². The Kier molecular flexibility index (Phi) is 6.27. The molecule has 0 bridgehead atoms. The lowest BCUT2D eigenvalue weighted by Crippen LogP contribution is -2.35. The third-order valence-corrected chi connectivity index (χ3v) is 5.63. The molecule has 168 valence electrons. The number of hydrogen-bond acceptors (Lipinski definition) is 6. The second-order valence-corrected chi connectivity index (χ2v) is 7.95. The van der Waals surface area contributed by atoms with Gasteiger partial charge in [-0.2, -0.15) is 4.98 Å². The van der Waals surface area contributed by atoms with Crippen molar-refractivity contribution in [1.29, 1.82) is 0 Å². The van der Waals surface area contributed by atoms with E-state index in [1.807, 2.05) is 65.5 Å². The molecule has 8 nitrogen and oxygen atoms in total. The Hall–Kier alpha value is -3.75. The molecule has 2 aromatic carbocycles. The van der Waals surface area contributed by atoms with Crippen molar-refractivity contribution in [2.75, 3.05) is 26.3 Å². The molecule has 1 fully saturated rings. The number of carbonyl (C=O) groups is 1. The minimum atomic E-state index is -0.393. The van der Waals surface area contributed by atoms with E-state index < -0.39 is 5.91 Å². The Morgan fingerprint density at radius 2 is 1.64 bits per heavy atom. The highest BCUT2D eigenvalue weighted by molar-refractivity contribution is 5.89. The van der Waals surface area contributed by atoms with Crippen LogP contribution in [0, 0.1) is 0 Å². The van der Waals surface area contributed by atoms with Crippen LogP contribution in [0.5, 0.6) is 0 Å². The second kappa shape index (κ2) is 9.81. The standard InChI is InChI=1S/C25H25N5O3/c31-24(26-17-19-3-5-20(6-4-19)18-29-13-15-32-16-14-29)25-27-23(28-33-25)21-7-9-22(10-8-21)30-11-1-2-12-30/h1-12H,13-18H2,(H,26,31). The summed E-state index contributed by atoms with van der Waals surface area (Å²) in [6.07, 6.45) is 3.95. The summed E-state index contributed by atoms with van der Waals surface area (Å²) >= 11 is 0. The summed E-state index contributed by atoms with van der Waals surface area (Å²) in [6.45, 7) is 4.80. The third-order valence-electron chi connectivity index (χ3n) is 5.63. The first-order chi connectivity index (χ1) is 16.2. The SMILES string of the molecule is O=C(NCc1ccc(CN2CCOCC2)cc1)c1nc(-c2ccc(-n3cccc3)cc2)no1. The van der Waals surface area contributed by atoms with Gasteiger partial charge < -0.3 is 19.1 Å². The van der Waals surface area contributed by atoms with Crippen LogP contribution in [-0.2, 0) is 17.8 Å². The Morgan fingerprint density at radius 1 is 0.939 bits per heavy atom. The van der Waals surface area contributed by atoms with Crippen LogP contribution in [0.1, 0.15) is 21.8 Å². The number of nitrogens with one attached hydrogen (secondary N) is 1. The lowest BCUT2D eigenvalue weighted by atomic mass is 10.1. The van der Waals surface area contributed by atoms with Crippen molar-refractivity contribution < 1.29 is 14.1 Å². The van der Waals surface area contributed by atoms with Crippen LogP contribution in [0.4, 0.5) is 0 Å². The quantitative estimate of drug-likeness (QED) is 0.472. The Balaban J connectivity index is 1.15. The summed E-state index contributed by atoms with van der Waals surface area (Å²) < 4.78 is 12.6. The van der Waals surface area contributed by atoms with Gasteiger partial charge in [0.2, 0.25) is 5.82 Å². The van der Waals surface area contributed by atoms with Gasteiger partial charge in [0, 0.05) is 49.8 Å². The van der Waals surface area contributed by atoms with E-state index in [0.29, 0.717) is 12.4 Å². The number of benzene rings is 2. The van der Waals surface area contributed by atoms with E-state index >= 15 is 0 Å². The molecule has 3 heterocycles. The lowest BCUT2D eigenvalue weighted by molar-refractivity contribution is 0.0342. The Morgan fingerprint density at radius 3 is 2.36 bits per heavy atom. The van der Waals surface area contributed by atoms with E-state index in [4.69, 9.17) is 9.26 Å². The first-order valence-electron chi connectivity index (χ1n) is 11.0. The maximum atomic E-state index is 12.5. The van der Waals surface area contributed by atoms with E-state index in [9.17, 15) is 4.79 Å². The molecular weight excluding hydrogens is 418 g/mol. The predicted octanol–water partition coefficient (Wildman–Crippen LogP) is 3.29. The smallest absolute Gasteiger partial charge is 0.316 e. The first kappa shape index (κ1) is 21.1. The van der Waals surface area contributed by atoms with Crippen molar-refractivity contribution in [1.82, 2.24) is 24.9 Å². The molecule has 2 aromatic heterocycles. The zero-order chi connectivity index (χ0) is 22.5. The Bertz CT molecular complexity index is 1180. The summed E-state index contributed by atoms with van der Waals surface area (Å²) in [4.78, 5) is 19.1. The van der Waals surface area contributed by atoms with Gasteiger partial charge in [-0.25, -0.2) is 0 Å². The van der Waals surface area contributed by atoms with Crippen LogP contribution < -0.4 is 5.32 Å². The summed E-state index contributed by atoms with van der Waals surface area (Å²) in [5, 5.41) is 6.80. The number of nitrogens with zero attached hydrogens (tertiary/aromatic N) is 4. The van der Waals surface area contributed by atoms with Crippen LogP contribution in [0.2, 0.25) is 0 Å². The van der Waals surface area contributed by atoms with Gasteiger partial charge in [0.25, 0.3) is 0 Å². The fraction of sp³-hybridized carbons (Fsp3) is 0.240. The highest BCUT2D eigenvalue weighted by Crippen LogP contribution is 2.18. The minimum Gasteiger partial charge on any atom is -0.379 e. The maximum absolute atomic E-state index is 12.5. The number of rotatable bonds is 7. The lowest BCUT2D eigenvalue weighted by Gasteiger charge is -2.26. The molecule has 0 saturated carbocycles. The van der Waals surface area contributed by atoms with Gasteiger partial charge >= 0.3 is 11.8 Å². The van der Waals surface area contributed by atoms with Crippen molar-refractivity contribution in [3.05, 3.63) is 90.1 Å². The van der Waals surface area contributed by atoms with Crippen LogP contribution in [-0.4, -0.2) is 51.8 Å². The van der Waals surface area contributed by atoms with Crippen molar-refractivity contribution in [2.45, 2.75) is 13.1 Å². The first-order valence-corrected chi connectivity index (χ1v) is 11.0. The zero-order valence-corrected chi connectivity index (χ0v) is 18.2. The largest absolute Gasteiger partial charge is 0.379 e. The molecule has 0 unspecified atom stereocenters. The molecule has 0 spiro atoms.